The van der Waals surface area contributed by atoms with Gasteiger partial charge in [-0.1, -0.05) is 13.8 Å². The quantitative estimate of drug-likeness (QED) is 0.687. The van der Waals surface area contributed by atoms with Crippen LogP contribution in [0.5, 0.6) is 5.75 Å². The Balaban J connectivity index is 1.74. The highest BCUT2D eigenvalue weighted by molar-refractivity contribution is 7.89. The molecule has 0 saturated carbocycles. The highest BCUT2D eigenvalue weighted by atomic mass is 32.2. The summed E-state index contributed by atoms with van der Waals surface area (Å²) in [6.45, 7) is 5.33. The number of rotatable bonds is 7. The molecular weight excluding hydrogens is 412 g/mol. The van der Waals surface area contributed by atoms with Crippen LogP contribution < -0.4 is 14.8 Å². The second kappa shape index (κ2) is 8.78. The molecule has 1 aliphatic heterocycles. The predicted octanol–water partition coefficient (Wildman–Crippen LogP) is 2.08. The number of hydrogen-bond acceptors (Lipinski definition) is 7. The van der Waals surface area contributed by atoms with Crippen LogP contribution in [0.1, 0.15) is 24.4 Å². The third-order valence-corrected chi connectivity index (χ3v) is 7.21. The summed E-state index contributed by atoms with van der Waals surface area (Å²) in [4.78, 5) is 20.8. The van der Waals surface area contributed by atoms with Gasteiger partial charge in [0.15, 0.2) is 5.13 Å². The monoisotopic (exact) mass is 438 g/mol. The average Bonchev–Trinajstić information content (AvgIpc) is 3.07. The van der Waals surface area contributed by atoms with Gasteiger partial charge in [0.2, 0.25) is 15.9 Å². The van der Waals surface area contributed by atoms with Crippen LogP contribution in [0.15, 0.2) is 29.2 Å². The van der Waals surface area contributed by atoms with Crippen LogP contribution in [0, 0.1) is 5.92 Å². The van der Waals surface area contributed by atoms with Gasteiger partial charge in [-0.3, -0.25) is 4.79 Å². The summed E-state index contributed by atoms with van der Waals surface area (Å²) in [5.41, 5.74) is 1.00. The molecule has 1 aliphatic rings. The number of nitrogens with one attached hydrogen (secondary N) is 2. The second-order valence-electron chi connectivity index (χ2n) is 7.38. The van der Waals surface area contributed by atoms with Crippen molar-refractivity contribution in [1.82, 2.24) is 14.6 Å². The maximum Gasteiger partial charge on any atom is 0.244 e. The molecule has 2 heterocycles. The number of likely N-dealkylation sites (N-methyl/N-ethyl adjacent to an activating group) is 1. The van der Waals surface area contributed by atoms with Gasteiger partial charge >= 0.3 is 0 Å². The number of thiazole rings is 1. The van der Waals surface area contributed by atoms with Crippen LogP contribution in [-0.4, -0.2) is 51.0 Å². The molecule has 0 bridgehead atoms. The van der Waals surface area contributed by atoms with E-state index < -0.39 is 22.0 Å². The van der Waals surface area contributed by atoms with Crippen molar-refractivity contribution in [3.8, 4) is 5.75 Å². The van der Waals surface area contributed by atoms with E-state index in [1.54, 1.807) is 26.0 Å². The Morgan fingerprint density at radius 3 is 2.59 bits per heavy atom. The number of amides is 1. The zero-order valence-corrected chi connectivity index (χ0v) is 18.6. The fourth-order valence-electron chi connectivity index (χ4n) is 3.04. The van der Waals surface area contributed by atoms with Gasteiger partial charge < -0.3 is 15.0 Å². The van der Waals surface area contributed by atoms with E-state index in [-0.39, 0.29) is 10.8 Å². The zero-order chi connectivity index (χ0) is 21.2. The topological polar surface area (TPSA) is 101 Å². The number of methoxy groups -OCH3 is 1. The van der Waals surface area contributed by atoms with Crippen molar-refractivity contribution in [2.75, 3.05) is 26.0 Å². The number of aromatic nitrogens is 1. The summed E-state index contributed by atoms with van der Waals surface area (Å²) in [6.07, 6.45) is 0.843. The Morgan fingerprint density at radius 1 is 1.28 bits per heavy atom. The summed E-state index contributed by atoms with van der Waals surface area (Å²) >= 11 is 1.44. The zero-order valence-electron chi connectivity index (χ0n) is 16.9. The number of carbonyl (C=O) groups is 1. The van der Waals surface area contributed by atoms with Crippen LogP contribution in [-0.2, 0) is 27.8 Å². The highest BCUT2D eigenvalue weighted by Gasteiger charge is 2.29. The molecule has 0 unspecified atom stereocenters. The minimum absolute atomic E-state index is 0.0736. The van der Waals surface area contributed by atoms with Gasteiger partial charge in [0.05, 0.1) is 17.7 Å². The molecule has 2 aromatic rings. The molecule has 0 fully saturated rings. The molecule has 1 amide bonds. The lowest BCUT2D eigenvalue weighted by atomic mass is 10.1. The predicted molar refractivity (Wildman–Crippen MR) is 113 cm³/mol. The van der Waals surface area contributed by atoms with Gasteiger partial charge in [0.25, 0.3) is 0 Å². The van der Waals surface area contributed by atoms with Crippen molar-refractivity contribution < 1.29 is 17.9 Å². The maximum absolute atomic E-state index is 12.8. The van der Waals surface area contributed by atoms with Crippen LogP contribution in [0.25, 0.3) is 0 Å². The smallest absolute Gasteiger partial charge is 0.244 e. The van der Waals surface area contributed by atoms with E-state index in [1.807, 2.05) is 7.05 Å². The molecule has 0 aliphatic carbocycles. The Hall–Kier alpha value is -2.01. The molecule has 29 heavy (non-hydrogen) atoms. The number of sulfonamides is 1. The number of carbonyl (C=O) groups excluding carboxylic acids is 1. The summed E-state index contributed by atoms with van der Waals surface area (Å²) < 4.78 is 33.1. The highest BCUT2D eigenvalue weighted by Crippen LogP contribution is 2.28. The minimum Gasteiger partial charge on any atom is -0.497 e. The van der Waals surface area contributed by atoms with Gasteiger partial charge in [-0.25, -0.2) is 13.4 Å². The van der Waals surface area contributed by atoms with Gasteiger partial charge in [0.1, 0.15) is 11.8 Å². The number of benzene rings is 1. The lowest BCUT2D eigenvalue weighted by molar-refractivity contribution is -0.118. The van der Waals surface area contributed by atoms with Gasteiger partial charge in [-0.05, 0) is 37.2 Å². The first-order valence-electron chi connectivity index (χ1n) is 9.34. The second-order valence-corrected chi connectivity index (χ2v) is 10.2. The summed E-state index contributed by atoms with van der Waals surface area (Å²) in [5, 5.41) is 3.29. The number of ether oxygens (including phenoxy) is 1. The Kier molecular flexibility index (Phi) is 6.57. The molecule has 1 atom stereocenters. The van der Waals surface area contributed by atoms with E-state index in [0.29, 0.717) is 10.9 Å². The Labute approximate surface area is 175 Å². The van der Waals surface area contributed by atoms with Crippen molar-refractivity contribution in [2.24, 2.45) is 5.92 Å². The molecule has 1 aromatic carbocycles. The summed E-state index contributed by atoms with van der Waals surface area (Å²) in [6, 6.07) is 5.10. The first kappa shape index (κ1) is 21.7. The normalized spacial score (nSPS) is 15.8. The summed E-state index contributed by atoms with van der Waals surface area (Å²) in [5.74, 6) is -0.110. The molecule has 2 N–H and O–H groups in total. The molecule has 8 nitrogen and oxygen atoms in total. The van der Waals surface area contributed by atoms with Crippen LogP contribution in [0.4, 0.5) is 5.13 Å². The van der Waals surface area contributed by atoms with E-state index in [4.69, 9.17) is 4.74 Å². The first-order valence-corrected chi connectivity index (χ1v) is 11.6. The summed E-state index contributed by atoms with van der Waals surface area (Å²) in [7, 11) is -0.312. The van der Waals surface area contributed by atoms with Crippen molar-refractivity contribution in [1.29, 1.82) is 0 Å². The molecule has 0 saturated heterocycles. The van der Waals surface area contributed by atoms with E-state index in [2.05, 4.69) is 19.9 Å². The lowest BCUT2D eigenvalue weighted by Gasteiger charge is -2.21. The van der Waals surface area contributed by atoms with E-state index >= 15 is 0 Å². The van der Waals surface area contributed by atoms with Crippen LogP contribution in [0.2, 0.25) is 0 Å². The number of fused-ring (bicyclic) bond motifs is 1. The van der Waals surface area contributed by atoms with Crippen molar-refractivity contribution in [2.45, 2.75) is 37.8 Å². The van der Waals surface area contributed by atoms with Gasteiger partial charge in [0, 0.05) is 24.4 Å². The van der Waals surface area contributed by atoms with E-state index in [0.717, 1.165) is 30.1 Å². The fraction of sp³-hybridized carbons (Fsp3) is 0.474. The number of hydrogen-bond donors (Lipinski definition) is 2. The molecular formula is C19H26N4O4S2. The van der Waals surface area contributed by atoms with E-state index in [9.17, 15) is 13.2 Å². The number of anilines is 1. The fourth-order valence-corrected chi connectivity index (χ4v) is 5.48. The molecule has 10 heteroatoms. The van der Waals surface area contributed by atoms with Crippen molar-refractivity contribution in [3.05, 3.63) is 34.8 Å². The van der Waals surface area contributed by atoms with Gasteiger partial charge in [-0.2, -0.15) is 4.72 Å². The van der Waals surface area contributed by atoms with Crippen molar-refractivity contribution in [3.63, 3.8) is 0 Å². The van der Waals surface area contributed by atoms with E-state index in [1.165, 1.54) is 30.6 Å². The van der Waals surface area contributed by atoms with Crippen LogP contribution >= 0.6 is 11.3 Å². The number of nitrogens with zero attached hydrogens (tertiary/aromatic N) is 2. The van der Waals surface area contributed by atoms with Crippen LogP contribution in [0.3, 0.4) is 0 Å². The third kappa shape index (κ3) is 5.13. The Bertz CT molecular complexity index is 971. The average molecular weight is 439 g/mol. The molecule has 3 rings (SSSR count). The third-order valence-electron chi connectivity index (χ3n) is 4.75. The largest absolute Gasteiger partial charge is 0.497 e. The molecule has 0 spiro atoms. The maximum atomic E-state index is 12.8. The van der Waals surface area contributed by atoms with Crippen molar-refractivity contribution >= 4 is 32.4 Å². The van der Waals surface area contributed by atoms with Gasteiger partial charge in [-0.15, -0.1) is 11.3 Å². The SMILES string of the molecule is COc1ccc(S(=O)(=O)N[C@H](C(=O)Nc2nc3c(s2)CN(C)CC3)C(C)C)cc1. The lowest BCUT2D eigenvalue weighted by Crippen LogP contribution is -2.47. The molecule has 1 aromatic heterocycles. The molecule has 0 radical (unpaired) electrons. The minimum atomic E-state index is -3.87. The standard InChI is InChI=1S/C19H26N4O4S2/c1-12(2)17(22-29(25,26)14-7-5-13(27-4)6-8-14)18(24)21-19-20-15-9-10-23(3)11-16(15)28-19/h5-8,12,17,22H,9-11H2,1-4H3,(H,20,21,24)/t17-/m0/s1. The molecule has 158 valence electrons. The Morgan fingerprint density at radius 2 is 1.97 bits per heavy atom. The first-order chi connectivity index (χ1) is 13.7.